The van der Waals surface area contributed by atoms with E-state index >= 15 is 0 Å². The average Bonchev–Trinajstić information content (AvgIpc) is 3.01. The summed E-state index contributed by atoms with van der Waals surface area (Å²) in [5.74, 6) is 1.11. The van der Waals surface area contributed by atoms with Crippen LogP contribution < -0.4 is 0 Å². The number of aromatic nitrogens is 8. The largest absolute Gasteiger partial charge is 0.255 e. The van der Waals surface area contributed by atoms with Crippen molar-refractivity contribution in [3.63, 3.8) is 0 Å². The first-order valence-corrected chi connectivity index (χ1v) is 11.1. The van der Waals surface area contributed by atoms with Crippen LogP contribution in [-0.2, 0) is 19.8 Å². The van der Waals surface area contributed by atoms with E-state index in [0.717, 1.165) is 22.8 Å². The molecular weight excluding hydrogens is 639 g/mol. The summed E-state index contributed by atoms with van der Waals surface area (Å²) >= 11 is 0. The second-order valence-electron chi connectivity index (χ2n) is 7.00. The molecule has 0 fully saturated rings. The predicted molar refractivity (Wildman–Crippen MR) is 138 cm³/mol. The Labute approximate surface area is 228 Å². The van der Waals surface area contributed by atoms with E-state index in [2.05, 4.69) is 39.9 Å². The summed E-state index contributed by atoms with van der Waals surface area (Å²) in [4.78, 5) is 32.8. The normalized spacial score (nSPS) is 9.41. The Kier molecular flexibility index (Phi) is 11.2. The molecule has 6 aromatic heterocycles. The van der Waals surface area contributed by atoms with Crippen molar-refractivity contribution in [2.45, 2.75) is 0 Å². The molecule has 6 rings (SSSR count). The van der Waals surface area contributed by atoms with Gasteiger partial charge in [0.25, 0.3) is 0 Å². The minimum absolute atomic E-state index is 0. The van der Waals surface area contributed by atoms with Crippen LogP contribution in [0.4, 0.5) is 0 Å². The zero-order chi connectivity index (χ0) is 24.7. The molecule has 0 aromatic carbocycles. The molecular formula is C28H22N8Os. The van der Waals surface area contributed by atoms with Gasteiger partial charge < -0.3 is 0 Å². The van der Waals surface area contributed by atoms with E-state index in [9.17, 15) is 0 Å². The minimum Gasteiger partial charge on any atom is -0.255 e. The van der Waals surface area contributed by atoms with Crippen molar-refractivity contribution < 1.29 is 19.8 Å². The zero-order valence-corrected chi connectivity index (χ0v) is 22.2. The Hall–Kier alpha value is -4.60. The molecule has 0 N–H and O–H groups in total. The monoisotopic (exact) mass is 662 g/mol. The van der Waals surface area contributed by atoms with Gasteiger partial charge in [0, 0.05) is 69.4 Å². The van der Waals surface area contributed by atoms with E-state index < -0.39 is 0 Å². The molecule has 0 bridgehead atoms. The van der Waals surface area contributed by atoms with Gasteiger partial charge in [0.15, 0.2) is 11.6 Å². The average molecular weight is 661 g/mol. The maximum absolute atomic E-state index is 4.19. The van der Waals surface area contributed by atoms with E-state index in [1.54, 1.807) is 61.7 Å². The fourth-order valence-electron chi connectivity index (χ4n) is 2.89. The third-order valence-corrected chi connectivity index (χ3v) is 4.52. The minimum atomic E-state index is 0. The third kappa shape index (κ3) is 8.84. The van der Waals surface area contributed by atoms with E-state index in [0.29, 0.717) is 11.6 Å². The molecule has 182 valence electrons. The van der Waals surface area contributed by atoms with E-state index in [1.165, 1.54) is 0 Å². The molecule has 6 heterocycles. The summed E-state index contributed by atoms with van der Waals surface area (Å²) in [6.45, 7) is 0. The van der Waals surface area contributed by atoms with Gasteiger partial charge in [0.1, 0.15) is 0 Å². The second kappa shape index (κ2) is 15.4. The molecule has 0 atom stereocenters. The maximum Gasteiger partial charge on any atom is 0.197 e. The standard InChI is InChI=1S/2C10H8N2.C8H6N4.Os/c2*1-3-7-11-9(5-1)10-6-2-4-8-12-10;1-3-9-7(10-4-1)8-11-5-2-6-12-8;/h2*1-8H;1-6H;. The molecule has 0 spiro atoms. The van der Waals surface area contributed by atoms with Crippen molar-refractivity contribution in [1.82, 2.24) is 39.9 Å². The van der Waals surface area contributed by atoms with Gasteiger partial charge in [-0.05, 0) is 60.7 Å². The van der Waals surface area contributed by atoms with Gasteiger partial charge in [-0.2, -0.15) is 0 Å². The van der Waals surface area contributed by atoms with Crippen molar-refractivity contribution in [3.8, 4) is 34.4 Å². The van der Waals surface area contributed by atoms with E-state index in [1.807, 2.05) is 72.8 Å². The van der Waals surface area contributed by atoms with Crippen LogP contribution in [0.3, 0.4) is 0 Å². The van der Waals surface area contributed by atoms with Crippen molar-refractivity contribution in [2.75, 3.05) is 0 Å². The summed E-state index contributed by atoms with van der Waals surface area (Å²) in [6, 6.07) is 26.7. The Morgan fingerprint density at radius 2 is 0.514 bits per heavy atom. The van der Waals surface area contributed by atoms with Gasteiger partial charge >= 0.3 is 0 Å². The van der Waals surface area contributed by atoms with Crippen LogP contribution in [0.25, 0.3) is 34.4 Å². The molecule has 8 nitrogen and oxygen atoms in total. The molecule has 0 saturated carbocycles. The quantitative estimate of drug-likeness (QED) is 0.255. The summed E-state index contributed by atoms with van der Waals surface area (Å²) in [6.07, 6.45) is 13.7. The number of pyridine rings is 4. The van der Waals surface area contributed by atoms with Crippen LogP contribution in [0, 0.1) is 0 Å². The second-order valence-corrected chi connectivity index (χ2v) is 7.00. The first-order valence-electron chi connectivity index (χ1n) is 11.1. The van der Waals surface area contributed by atoms with Crippen LogP contribution in [0.5, 0.6) is 0 Å². The van der Waals surface area contributed by atoms with Gasteiger partial charge in [0.2, 0.25) is 0 Å². The smallest absolute Gasteiger partial charge is 0.197 e. The number of nitrogens with zero attached hydrogens (tertiary/aromatic N) is 8. The predicted octanol–water partition coefficient (Wildman–Crippen LogP) is 5.22. The van der Waals surface area contributed by atoms with Gasteiger partial charge in [-0.3, -0.25) is 19.9 Å². The van der Waals surface area contributed by atoms with Crippen LogP contribution >= 0.6 is 0 Å². The van der Waals surface area contributed by atoms with Crippen LogP contribution in [0.15, 0.2) is 135 Å². The molecule has 0 unspecified atom stereocenters. The Balaban J connectivity index is 0.000000152. The van der Waals surface area contributed by atoms with Crippen molar-refractivity contribution in [1.29, 1.82) is 0 Å². The Bertz CT molecular complexity index is 1100. The van der Waals surface area contributed by atoms with Crippen molar-refractivity contribution in [3.05, 3.63) is 135 Å². The summed E-state index contributed by atoms with van der Waals surface area (Å²) in [5.41, 5.74) is 3.66. The van der Waals surface area contributed by atoms with Gasteiger partial charge in [-0.1, -0.05) is 24.3 Å². The number of hydrogen-bond acceptors (Lipinski definition) is 8. The van der Waals surface area contributed by atoms with Crippen molar-refractivity contribution >= 4 is 0 Å². The first-order chi connectivity index (χ1) is 17.9. The molecule has 0 amide bonds. The van der Waals surface area contributed by atoms with Gasteiger partial charge in [-0.25, -0.2) is 19.9 Å². The van der Waals surface area contributed by atoms with Crippen molar-refractivity contribution in [2.24, 2.45) is 0 Å². The zero-order valence-electron chi connectivity index (χ0n) is 19.6. The molecule has 37 heavy (non-hydrogen) atoms. The molecule has 0 saturated heterocycles. The first kappa shape index (κ1) is 27.0. The Morgan fingerprint density at radius 1 is 0.270 bits per heavy atom. The summed E-state index contributed by atoms with van der Waals surface area (Å²) in [7, 11) is 0. The molecule has 9 heteroatoms. The van der Waals surface area contributed by atoms with Crippen LogP contribution in [0.2, 0.25) is 0 Å². The van der Waals surface area contributed by atoms with Crippen LogP contribution in [-0.4, -0.2) is 39.9 Å². The fourth-order valence-corrected chi connectivity index (χ4v) is 2.89. The molecule has 0 aliphatic rings. The molecule has 6 aromatic rings. The topological polar surface area (TPSA) is 103 Å². The molecule has 0 aliphatic carbocycles. The number of rotatable bonds is 3. The fraction of sp³-hybridized carbons (Fsp3) is 0. The molecule has 0 radical (unpaired) electrons. The van der Waals surface area contributed by atoms with Gasteiger partial charge in [-0.15, -0.1) is 0 Å². The van der Waals surface area contributed by atoms with E-state index in [4.69, 9.17) is 0 Å². The number of hydrogen-bond donors (Lipinski definition) is 0. The maximum atomic E-state index is 4.19. The van der Waals surface area contributed by atoms with Crippen LogP contribution in [0.1, 0.15) is 0 Å². The van der Waals surface area contributed by atoms with E-state index in [-0.39, 0.29) is 19.8 Å². The SMILES string of the molecule is [Os].c1ccc(-c2ccccn2)nc1.c1ccc(-c2ccccn2)nc1.c1cnc(-c2ncccn2)nc1. The van der Waals surface area contributed by atoms with Gasteiger partial charge in [0.05, 0.1) is 22.8 Å². The summed E-state index contributed by atoms with van der Waals surface area (Å²) < 4.78 is 0. The summed E-state index contributed by atoms with van der Waals surface area (Å²) in [5, 5.41) is 0. The Morgan fingerprint density at radius 3 is 0.730 bits per heavy atom. The molecule has 0 aliphatic heterocycles. The third-order valence-electron chi connectivity index (χ3n) is 4.52.